The summed E-state index contributed by atoms with van der Waals surface area (Å²) in [6.45, 7) is -0.0501. The Morgan fingerprint density at radius 1 is 1.25 bits per heavy atom. The number of methoxy groups -OCH3 is 2. The van der Waals surface area contributed by atoms with E-state index < -0.39 is 0 Å². The van der Waals surface area contributed by atoms with Gasteiger partial charge in [0.25, 0.3) is 0 Å². The minimum atomic E-state index is -0.268. The molecular weight excluding hydrogens is 426 g/mol. The molecule has 3 aromatic rings. The van der Waals surface area contributed by atoms with E-state index in [2.05, 4.69) is 32.8 Å². The molecule has 4 rings (SSSR count). The zero-order valence-corrected chi connectivity index (χ0v) is 18.9. The number of aromatic nitrogens is 2. The van der Waals surface area contributed by atoms with Crippen molar-refractivity contribution >= 4 is 34.6 Å². The summed E-state index contributed by atoms with van der Waals surface area (Å²) in [5.41, 5.74) is 3.36. The second-order valence-electron chi connectivity index (χ2n) is 7.47. The number of hydrogen-bond donors (Lipinski definition) is 2. The average Bonchev–Trinajstić information content (AvgIpc) is 3.37. The summed E-state index contributed by atoms with van der Waals surface area (Å²) in [6.07, 6.45) is 5.87. The lowest BCUT2D eigenvalue weighted by atomic mass is 9.98. The number of aryl methyl sites for hydroxylation is 1. The van der Waals surface area contributed by atoms with Gasteiger partial charge in [0.1, 0.15) is 12.4 Å². The Balaban J connectivity index is 1.77. The third kappa shape index (κ3) is 4.30. The lowest BCUT2D eigenvalue weighted by molar-refractivity contribution is -0.119. The Bertz CT molecular complexity index is 1120. The van der Waals surface area contributed by atoms with Crippen LogP contribution >= 0.6 is 12.2 Å². The standard InChI is InChI=1S/C23H25N5O3S/c1-27-11-9-15(13-27)22-21(17-6-4-5-10-24-17)26-23(32)28(22)16-7-8-19(31-3)18(12-16)25-20(29)14-30-2/h4-13,21-22H,14H2,1-3H3,(H,25,29)(H,26,32). The first-order valence-electron chi connectivity index (χ1n) is 10.1. The van der Waals surface area contributed by atoms with E-state index in [1.54, 1.807) is 13.3 Å². The normalized spacial score (nSPS) is 17.8. The summed E-state index contributed by atoms with van der Waals surface area (Å²) in [5, 5.41) is 6.86. The van der Waals surface area contributed by atoms with Gasteiger partial charge in [-0.05, 0) is 54.2 Å². The highest BCUT2D eigenvalue weighted by Crippen LogP contribution is 2.43. The number of carbonyl (C=O) groups excluding carboxylic acids is 1. The quantitative estimate of drug-likeness (QED) is 0.534. The monoisotopic (exact) mass is 451 g/mol. The molecule has 1 aliphatic heterocycles. The number of thiocarbonyl (C=S) groups is 1. The van der Waals surface area contributed by atoms with Crippen LogP contribution in [0.1, 0.15) is 23.3 Å². The molecule has 1 fully saturated rings. The lowest BCUT2D eigenvalue weighted by Gasteiger charge is -2.28. The van der Waals surface area contributed by atoms with E-state index in [1.165, 1.54) is 7.11 Å². The Morgan fingerprint density at radius 2 is 2.09 bits per heavy atom. The molecule has 32 heavy (non-hydrogen) atoms. The number of rotatable bonds is 7. The van der Waals surface area contributed by atoms with Crippen molar-refractivity contribution < 1.29 is 14.3 Å². The fourth-order valence-corrected chi connectivity index (χ4v) is 4.28. The van der Waals surface area contributed by atoms with Crippen molar-refractivity contribution in [2.75, 3.05) is 31.0 Å². The van der Waals surface area contributed by atoms with Crippen molar-refractivity contribution in [2.45, 2.75) is 12.1 Å². The van der Waals surface area contributed by atoms with Gasteiger partial charge in [-0.15, -0.1) is 0 Å². The van der Waals surface area contributed by atoms with E-state index in [9.17, 15) is 4.79 Å². The van der Waals surface area contributed by atoms with Crippen LogP contribution in [0.3, 0.4) is 0 Å². The van der Waals surface area contributed by atoms with Crippen molar-refractivity contribution in [2.24, 2.45) is 7.05 Å². The average molecular weight is 452 g/mol. The zero-order chi connectivity index (χ0) is 22.7. The number of anilines is 2. The third-order valence-corrected chi connectivity index (χ3v) is 5.62. The fraction of sp³-hybridized carbons (Fsp3) is 0.261. The molecule has 2 aromatic heterocycles. The van der Waals surface area contributed by atoms with Gasteiger partial charge in [-0.25, -0.2) is 0 Å². The molecule has 9 heteroatoms. The topological polar surface area (TPSA) is 80.7 Å². The van der Waals surface area contributed by atoms with Crippen molar-refractivity contribution in [3.63, 3.8) is 0 Å². The van der Waals surface area contributed by atoms with Crippen LogP contribution in [0.5, 0.6) is 5.75 Å². The second kappa shape index (κ2) is 9.37. The van der Waals surface area contributed by atoms with Crippen LogP contribution in [0.2, 0.25) is 0 Å². The van der Waals surface area contributed by atoms with Gasteiger partial charge in [0.2, 0.25) is 5.91 Å². The maximum Gasteiger partial charge on any atom is 0.250 e. The van der Waals surface area contributed by atoms with E-state index in [0.717, 1.165) is 16.9 Å². The van der Waals surface area contributed by atoms with E-state index in [-0.39, 0.29) is 24.6 Å². The van der Waals surface area contributed by atoms with Crippen LogP contribution < -0.4 is 20.3 Å². The number of nitrogens with zero attached hydrogens (tertiary/aromatic N) is 3. The summed E-state index contributed by atoms with van der Waals surface area (Å²) in [6, 6.07) is 13.3. The third-order valence-electron chi connectivity index (χ3n) is 5.31. The van der Waals surface area contributed by atoms with Gasteiger partial charge in [-0.3, -0.25) is 9.78 Å². The van der Waals surface area contributed by atoms with Crippen LogP contribution in [-0.4, -0.2) is 41.4 Å². The second-order valence-corrected chi connectivity index (χ2v) is 7.86. The molecule has 1 amide bonds. The van der Waals surface area contributed by atoms with Gasteiger partial charge < -0.3 is 29.6 Å². The molecule has 1 aromatic carbocycles. The predicted octanol–water partition coefficient (Wildman–Crippen LogP) is 3.19. The minimum Gasteiger partial charge on any atom is -0.495 e. The highest BCUT2D eigenvalue weighted by Gasteiger charge is 2.41. The van der Waals surface area contributed by atoms with Crippen LogP contribution in [0.15, 0.2) is 61.1 Å². The summed E-state index contributed by atoms with van der Waals surface area (Å²) < 4.78 is 12.4. The molecule has 0 bridgehead atoms. The summed E-state index contributed by atoms with van der Waals surface area (Å²) in [4.78, 5) is 18.8. The van der Waals surface area contributed by atoms with Crippen molar-refractivity contribution in [1.29, 1.82) is 0 Å². The number of pyridine rings is 1. The maximum absolute atomic E-state index is 12.1. The summed E-state index contributed by atoms with van der Waals surface area (Å²) in [7, 11) is 5.03. The smallest absolute Gasteiger partial charge is 0.250 e. The lowest BCUT2D eigenvalue weighted by Crippen LogP contribution is -2.29. The Hall–Kier alpha value is -3.43. The van der Waals surface area contributed by atoms with Crippen molar-refractivity contribution in [1.82, 2.24) is 14.9 Å². The zero-order valence-electron chi connectivity index (χ0n) is 18.1. The number of ether oxygens (including phenoxy) is 2. The Kier molecular flexibility index (Phi) is 6.38. The molecule has 1 saturated heterocycles. The molecule has 3 heterocycles. The van der Waals surface area contributed by atoms with Crippen LogP contribution in [-0.2, 0) is 16.6 Å². The predicted molar refractivity (Wildman–Crippen MR) is 127 cm³/mol. The molecule has 0 saturated carbocycles. The first-order chi connectivity index (χ1) is 15.5. The number of hydrogen-bond acceptors (Lipinski definition) is 5. The Morgan fingerprint density at radius 3 is 2.75 bits per heavy atom. The van der Waals surface area contributed by atoms with Gasteiger partial charge in [-0.2, -0.15) is 0 Å². The number of nitrogens with one attached hydrogen (secondary N) is 2. The van der Waals surface area contributed by atoms with Gasteiger partial charge in [-0.1, -0.05) is 6.07 Å². The fourth-order valence-electron chi connectivity index (χ4n) is 3.93. The molecule has 2 N–H and O–H groups in total. The molecule has 1 aliphatic rings. The number of amides is 1. The molecule has 8 nitrogen and oxygen atoms in total. The molecule has 2 atom stereocenters. The number of carbonyl (C=O) groups is 1. The van der Waals surface area contributed by atoms with Crippen molar-refractivity contribution in [3.8, 4) is 5.75 Å². The van der Waals surface area contributed by atoms with E-state index in [1.807, 2.05) is 54.2 Å². The van der Waals surface area contributed by atoms with Gasteiger partial charge in [0.15, 0.2) is 5.11 Å². The van der Waals surface area contributed by atoms with E-state index in [4.69, 9.17) is 21.7 Å². The minimum absolute atomic E-state index is 0.0501. The van der Waals surface area contributed by atoms with Gasteiger partial charge in [0, 0.05) is 38.4 Å². The van der Waals surface area contributed by atoms with Crippen LogP contribution in [0.25, 0.3) is 0 Å². The van der Waals surface area contributed by atoms with Crippen molar-refractivity contribution in [3.05, 3.63) is 72.3 Å². The van der Waals surface area contributed by atoms with E-state index >= 15 is 0 Å². The molecule has 0 spiro atoms. The maximum atomic E-state index is 12.1. The molecule has 0 radical (unpaired) electrons. The largest absolute Gasteiger partial charge is 0.495 e. The molecule has 166 valence electrons. The van der Waals surface area contributed by atoms with E-state index in [0.29, 0.717) is 16.5 Å². The summed E-state index contributed by atoms with van der Waals surface area (Å²) in [5.74, 6) is 0.282. The first kappa shape index (κ1) is 21.8. The SMILES string of the molecule is COCC(=O)Nc1cc(N2C(=S)NC(c3ccccn3)C2c2ccn(C)c2)ccc1OC. The summed E-state index contributed by atoms with van der Waals surface area (Å²) >= 11 is 5.76. The molecular formula is C23H25N5O3S. The Labute approximate surface area is 192 Å². The highest BCUT2D eigenvalue weighted by atomic mass is 32.1. The van der Waals surface area contributed by atoms with Gasteiger partial charge >= 0.3 is 0 Å². The first-order valence-corrected chi connectivity index (χ1v) is 10.5. The molecule has 2 unspecified atom stereocenters. The van der Waals surface area contributed by atoms with Gasteiger partial charge in [0.05, 0.1) is 30.6 Å². The highest BCUT2D eigenvalue weighted by molar-refractivity contribution is 7.80. The molecule has 0 aliphatic carbocycles. The van der Waals surface area contributed by atoms with Crippen LogP contribution in [0.4, 0.5) is 11.4 Å². The number of benzene rings is 1. The van der Waals surface area contributed by atoms with Crippen LogP contribution in [0, 0.1) is 0 Å².